The molecule has 2 aliphatic rings. The minimum atomic E-state index is 0.243. The van der Waals surface area contributed by atoms with Gasteiger partial charge in [0.2, 0.25) is 0 Å². The zero-order valence-corrected chi connectivity index (χ0v) is 15.0. The molecule has 2 aliphatic heterocycles. The lowest BCUT2D eigenvalue weighted by Crippen LogP contribution is -2.41. The Hall–Kier alpha value is -2.60. The smallest absolute Gasteiger partial charge is 0.151 e. The molecular weight excluding hydrogens is 326 g/mol. The Balaban J connectivity index is 1.36. The molecule has 6 nitrogen and oxygen atoms in total. The second kappa shape index (κ2) is 6.29. The van der Waals surface area contributed by atoms with Crippen molar-refractivity contribution >= 4 is 22.5 Å². The molecule has 0 radical (unpaired) electrons. The van der Waals surface area contributed by atoms with Crippen molar-refractivity contribution in [1.82, 2.24) is 15.2 Å². The highest BCUT2D eigenvalue weighted by molar-refractivity contribution is 5.85. The van der Waals surface area contributed by atoms with Gasteiger partial charge in [-0.25, -0.2) is 0 Å². The number of benzene rings is 1. The second-order valence-electron chi connectivity index (χ2n) is 7.18. The number of H-pyrrole nitrogens is 1. The Morgan fingerprint density at radius 3 is 2.65 bits per heavy atom. The van der Waals surface area contributed by atoms with Gasteiger partial charge in [0, 0.05) is 36.2 Å². The Morgan fingerprint density at radius 1 is 1.04 bits per heavy atom. The van der Waals surface area contributed by atoms with Crippen LogP contribution in [-0.4, -0.2) is 47.5 Å². The summed E-state index contributed by atoms with van der Waals surface area (Å²) in [5, 5.41) is 10.3. The fourth-order valence-electron chi connectivity index (χ4n) is 4.07. The first-order chi connectivity index (χ1) is 12.8. The molecule has 0 bridgehead atoms. The maximum Gasteiger partial charge on any atom is 0.151 e. The fourth-order valence-corrected chi connectivity index (χ4v) is 4.07. The van der Waals surface area contributed by atoms with E-state index < -0.39 is 0 Å². The van der Waals surface area contributed by atoms with Crippen LogP contribution in [0.15, 0.2) is 36.4 Å². The molecule has 1 atom stereocenters. The molecule has 2 aromatic heterocycles. The van der Waals surface area contributed by atoms with Crippen LogP contribution < -0.4 is 9.80 Å². The SMILES string of the molecule is C[C@H]1CN(c2ccc(N3CCc4c([nH]c5ccccc45)C3)nn2)CCO1. The van der Waals surface area contributed by atoms with Crippen molar-refractivity contribution in [1.29, 1.82) is 0 Å². The Bertz CT molecular complexity index is 920. The molecule has 1 fully saturated rings. The zero-order chi connectivity index (χ0) is 17.5. The minimum absolute atomic E-state index is 0.243. The lowest BCUT2D eigenvalue weighted by Gasteiger charge is -2.32. The topological polar surface area (TPSA) is 57.3 Å². The van der Waals surface area contributed by atoms with Gasteiger partial charge in [0.25, 0.3) is 0 Å². The van der Waals surface area contributed by atoms with Crippen LogP contribution in [0.2, 0.25) is 0 Å². The molecule has 0 unspecified atom stereocenters. The highest BCUT2D eigenvalue weighted by Crippen LogP contribution is 2.29. The highest BCUT2D eigenvalue weighted by atomic mass is 16.5. The standard InChI is InChI=1S/C20H23N5O/c1-14-12-25(10-11-26-14)20-7-6-19(22-23-20)24-9-8-16-15-4-2-3-5-17(15)21-18(16)13-24/h2-7,14,21H,8-13H2,1H3/t14-/m0/s1. The average Bonchev–Trinajstić information content (AvgIpc) is 3.06. The molecule has 0 saturated carbocycles. The van der Waals surface area contributed by atoms with Gasteiger partial charge in [-0.2, -0.15) is 0 Å². The van der Waals surface area contributed by atoms with E-state index in [0.717, 1.165) is 50.8 Å². The van der Waals surface area contributed by atoms with E-state index in [1.54, 1.807) is 0 Å². The summed E-state index contributed by atoms with van der Waals surface area (Å²) in [5.41, 5.74) is 3.97. The first kappa shape index (κ1) is 15.6. The Morgan fingerprint density at radius 2 is 1.85 bits per heavy atom. The molecule has 0 amide bonds. The van der Waals surface area contributed by atoms with E-state index in [0.29, 0.717) is 0 Å². The van der Waals surface area contributed by atoms with E-state index in [-0.39, 0.29) is 6.10 Å². The third kappa shape index (κ3) is 2.70. The van der Waals surface area contributed by atoms with E-state index in [1.165, 1.54) is 22.2 Å². The number of fused-ring (bicyclic) bond motifs is 3. The van der Waals surface area contributed by atoms with Crippen LogP contribution in [-0.2, 0) is 17.7 Å². The summed E-state index contributed by atoms with van der Waals surface area (Å²) in [4.78, 5) is 8.12. The minimum Gasteiger partial charge on any atom is -0.375 e. The third-order valence-corrected chi connectivity index (χ3v) is 5.41. The van der Waals surface area contributed by atoms with Crippen molar-refractivity contribution < 1.29 is 4.74 Å². The number of aromatic nitrogens is 3. The average molecular weight is 349 g/mol. The number of aromatic amines is 1. The van der Waals surface area contributed by atoms with E-state index in [2.05, 4.69) is 68.3 Å². The van der Waals surface area contributed by atoms with Gasteiger partial charge in [0.15, 0.2) is 11.6 Å². The first-order valence-electron chi connectivity index (χ1n) is 9.31. The molecule has 0 aliphatic carbocycles. The molecule has 5 rings (SSSR count). The van der Waals surface area contributed by atoms with Crippen LogP contribution in [0.3, 0.4) is 0 Å². The molecular formula is C20H23N5O. The van der Waals surface area contributed by atoms with Crippen LogP contribution in [0.5, 0.6) is 0 Å². The van der Waals surface area contributed by atoms with Crippen molar-refractivity contribution in [2.45, 2.75) is 26.0 Å². The van der Waals surface area contributed by atoms with Crippen molar-refractivity contribution in [3.8, 4) is 0 Å². The van der Waals surface area contributed by atoms with E-state index in [9.17, 15) is 0 Å². The van der Waals surface area contributed by atoms with E-state index >= 15 is 0 Å². The van der Waals surface area contributed by atoms with Gasteiger partial charge in [0.1, 0.15) is 0 Å². The summed E-state index contributed by atoms with van der Waals surface area (Å²) in [7, 11) is 0. The summed E-state index contributed by atoms with van der Waals surface area (Å²) >= 11 is 0. The fraction of sp³-hybridized carbons (Fsp3) is 0.400. The monoisotopic (exact) mass is 349 g/mol. The van der Waals surface area contributed by atoms with Crippen LogP contribution in [0.1, 0.15) is 18.2 Å². The van der Waals surface area contributed by atoms with Crippen LogP contribution in [0.25, 0.3) is 10.9 Å². The summed E-state index contributed by atoms with van der Waals surface area (Å²) in [6.07, 6.45) is 1.27. The molecule has 134 valence electrons. The maximum atomic E-state index is 5.61. The summed E-state index contributed by atoms with van der Waals surface area (Å²) < 4.78 is 5.61. The predicted octanol–water partition coefficient (Wildman–Crippen LogP) is 2.75. The highest BCUT2D eigenvalue weighted by Gasteiger charge is 2.22. The third-order valence-electron chi connectivity index (χ3n) is 5.41. The van der Waals surface area contributed by atoms with Gasteiger partial charge < -0.3 is 19.5 Å². The summed E-state index contributed by atoms with van der Waals surface area (Å²) in [6.45, 7) is 6.42. The molecule has 1 aromatic carbocycles. The number of ether oxygens (including phenoxy) is 1. The number of rotatable bonds is 2. The van der Waals surface area contributed by atoms with Crippen molar-refractivity contribution in [2.75, 3.05) is 36.0 Å². The predicted molar refractivity (Wildman–Crippen MR) is 103 cm³/mol. The number of hydrogen-bond acceptors (Lipinski definition) is 5. The second-order valence-corrected chi connectivity index (χ2v) is 7.18. The Labute approximate surface area is 152 Å². The van der Waals surface area contributed by atoms with Crippen LogP contribution >= 0.6 is 0 Å². The van der Waals surface area contributed by atoms with Gasteiger partial charge in [-0.15, -0.1) is 10.2 Å². The zero-order valence-electron chi connectivity index (χ0n) is 15.0. The molecule has 1 N–H and O–H groups in total. The number of nitrogens with zero attached hydrogens (tertiary/aromatic N) is 4. The number of morpholine rings is 1. The summed E-state index contributed by atoms with van der Waals surface area (Å²) in [6, 6.07) is 12.7. The first-order valence-corrected chi connectivity index (χ1v) is 9.31. The molecule has 1 saturated heterocycles. The summed E-state index contributed by atoms with van der Waals surface area (Å²) in [5.74, 6) is 1.88. The maximum absolute atomic E-state index is 5.61. The van der Waals surface area contributed by atoms with E-state index in [1.807, 2.05) is 0 Å². The molecule has 26 heavy (non-hydrogen) atoms. The van der Waals surface area contributed by atoms with Gasteiger partial charge >= 0.3 is 0 Å². The normalized spacial score (nSPS) is 20.4. The number of para-hydroxylation sites is 1. The molecule has 0 spiro atoms. The van der Waals surface area contributed by atoms with Gasteiger partial charge in [-0.05, 0) is 37.1 Å². The van der Waals surface area contributed by atoms with Crippen molar-refractivity contribution in [3.63, 3.8) is 0 Å². The largest absolute Gasteiger partial charge is 0.375 e. The number of hydrogen-bond donors (Lipinski definition) is 1. The molecule has 4 heterocycles. The lowest BCUT2D eigenvalue weighted by atomic mass is 10.0. The van der Waals surface area contributed by atoms with Gasteiger partial charge in [-0.3, -0.25) is 0 Å². The lowest BCUT2D eigenvalue weighted by molar-refractivity contribution is 0.0529. The molecule has 3 aromatic rings. The van der Waals surface area contributed by atoms with Crippen molar-refractivity contribution in [3.05, 3.63) is 47.7 Å². The number of anilines is 2. The quantitative estimate of drug-likeness (QED) is 0.771. The van der Waals surface area contributed by atoms with E-state index in [4.69, 9.17) is 4.74 Å². The Kier molecular flexibility index (Phi) is 3.78. The van der Waals surface area contributed by atoms with Gasteiger partial charge in [0.05, 0.1) is 19.3 Å². The van der Waals surface area contributed by atoms with Crippen molar-refractivity contribution in [2.24, 2.45) is 0 Å². The molecule has 6 heteroatoms. The van der Waals surface area contributed by atoms with Crippen LogP contribution in [0, 0.1) is 0 Å². The number of nitrogens with one attached hydrogen (secondary N) is 1. The van der Waals surface area contributed by atoms with Crippen LogP contribution in [0.4, 0.5) is 11.6 Å². The van der Waals surface area contributed by atoms with Gasteiger partial charge in [-0.1, -0.05) is 18.2 Å².